The molecule has 0 bridgehead atoms. The van der Waals surface area contributed by atoms with E-state index in [0.717, 1.165) is 5.56 Å². The molecule has 1 aromatic heterocycles. The van der Waals surface area contributed by atoms with Crippen molar-refractivity contribution in [2.24, 2.45) is 0 Å². The standard InChI is InChI=1S/C16H14ClN5O2S/c1-10-8-11(17)2-7-14(10)18-15(24)9-25-16-19-20-21-22(16)12-3-5-13(23)6-4-12/h2-8,23H,9H2,1H3,(H,18,24). The lowest BCUT2D eigenvalue weighted by Gasteiger charge is -2.08. The molecule has 9 heteroatoms. The van der Waals surface area contributed by atoms with Gasteiger partial charge in [-0.05, 0) is 65.4 Å². The summed E-state index contributed by atoms with van der Waals surface area (Å²) in [5, 5.41) is 24.8. The second kappa shape index (κ2) is 7.54. The van der Waals surface area contributed by atoms with Gasteiger partial charge >= 0.3 is 0 Å². The third kappa shape index (κ3) is 4.28. The van der Waals surface area contributed by atoms with E-state index in [2.05, 4.69) is 20.8 Å². The summed E-state index contributed by atoms with van der Waals surface area (Å²) in [5.74, 6) is 0.139. The molecule has 2 aromatic carbocycles. The molecule has 0 unspecified atom stereocenters. The van der Waals surface area contributed by atoms with Crippen LogP contribution in [0.1, 0.15) is 5.56 Å². The lowest BCUT2D eigenvalue weighted by atomic mass is 10.2. The van der Waals surface area contributed by atoms with Crippen LogP contribution in [0.2, 0.25) is 5.02 Å². The molecule has 0 fully saturated rings. The molecule has 0 atom stereocenters. The van der Waals surface area contributed by atoms with E-state index >= 15 is 0 Å². The highest BCUT2D eigenvalue weighted by atomic mass is 35.5. The molecule has 1 amide bonds. The largest absolute Gasteiger partial charge is 0.508 e. The number of phenols is 1. The van der Waals surface area contributed by atoms with E-state index in [1.54, 1.807) is 42.5 Å². The Bertz CT molecular complexity index is 898. The lowest BCUT2D eigenvalue weighted by molar-refractivity contribution is -0.113. The third-order valence-electron chi connectivity index (χ3n) is 3.33. The highest BCUT2D eigenvalue weighted by molar-refractivity contribution is 7.99. The van der Waals surface area contributed by atoms with Crippen molar-refractivity contribution in [2.75, 3.05) is 11.1 Å². The van der Waals surface area contributed by atoms with Gasteiger partial charge in [0.15, 0.2) is 0 Å². The fourth-order valence-corrected chi connectivity index (χ4v) is 3.03. The molecule has 0 spiro atoms. The Morgan fingerprint density at radius 1 is 1.28 bits per heavy atom. The zero-order valence-corrected chi connectivity index (χ0v) is 14.8. The summed E-state index contributed by atoms with van der Waals surface area (Å²) in [4.78, 5) is 12.2. The Kier molecular flexibility index (Phi) is 5.20. The van der Waals surface area contributed by atoms with Crippen LogP contribution in [-0.4, -0.2) is 37.0 Å². The predicted octanol–water partition coefficient (Wildman–Crippen LogP) is 3.06. The van der Waals surface area contributed by atoms with E-state index < -0.39 is 0 Å². The van der Waals surface area contributed by atoms with Crippen LogP contribution >= 0.6 is 23.4 Å². The highest BCUT2D eigenvalue weighted by Gasteiger charge is 2.12. The number of rotatable bonds is 5. The van der Waals surface area contributed by atoms with Crippen molar-refractivity contribution in [1.29, 1.82) is 0 Å². The van der Waals surface area contributed by atoms with Gasteiger partial charge in [-0.15, -0.1) is 5.10 Å². The number of carbonyl (C=O) groups is 1. The van der Waals surface area contributed by atoms with Crippen LogP contribution in [-0.2, 0) is 4.79 Å². The van der Waals surface area contributed by atoms with Crippen LogP contribution in [0.25, 0.3) is 5.69 Å². The minimum Gasteiger partial charge on any atom is -0.508 e. The van der Waals surface area contributed by atoms with Crippen LogP contribution in [0.3, 0.4) is 0 Å². The van der Waals surface area contributed by atoms with Crippen LogP contribution in [0.5, 0.6) is 5.75 Å². The topological polar surface area (TPSA) is 92.9 Å². The number of nitrogens with one attached hydrogen (secondary N) is 1. The molecule has 3 rings (SSSR count). The van der Waals surface area contributed by atoms with Gasteiger partial charge in [0.05, 0.1) is 11.4 Å². The number of nitrogens with zero attached hydrogens (tertiary/aromatic N) is 4. The summed E-state index contributed by atoms with van der Waals surface area (Å²) in [5.41, 5.74) is 2.30. The molecule has 7 nitrogen and oxygen atoms in total. The SMILES string of the molecule is Cc1cc(Cl)ccc1NC(=O)CSc1nnnn1-c1ccc(O)cc1. The second-order valence-electron chi connectivity index (χ2n) is 5.19. The summed E-state index contributed by atoms with van der Waals surface area (Å²) in [6, 6.07) is 11.7. The van der Waals surface area contributed by atoms with E-state index in [4.69, 9.17) is 11.6 Å². The first-order chi connectivity index (χ1) is 12.0. The maximum Gasteiger partial charge on any atom is 0.234 e. The normalized spacial score (nSPS) is 10.6. The number of tetrazole rings is 1. The van der Waals surface area contributed by atoms with Crippen molar-refractivity contribution in [3.63, 3.8) is 0 Å². The summed E-state index contributed by atoms with van der Waals surface area (Å²) >= 11 is 7.13. The van der Waals surface area contributed by atoms with Gasteiger partial charge in [0.25, 0.3) is 0 Å². The van der Waals surface area contributed by atoms with Gasteiger partial charge in [0.1, 0.15) is 5.75 Å². The number of thioether (sulfide) groups is 1. The van der Waals surface area contributed by atoms with E-state index in [1.807, 2.05) is 6.92 Å². The van der Waals surface area contributed by atoms with Gasteiger partial charge in [-0.2, -0.15) is 4.68 Å². The number of aromatic nitrogens is 4. The Hall–Kier alpha value is -2.58. The van der Waals surface area contributed by atoms with Crippen LogP contribution < -0.4 is 5.32 Å². The number of benzene rings is 2. The van der Waals surface area contributed by atoms with Crippen molar-refractivity contribution >= 4 is 35.0 Å². The van der Waals surface area contributed by atoms with E-state index in [9.17, 15) is 9.90 Å². The minimum atomic E-state index is -0.171. The Morgan fingerprint density at radius 2 is 2.04 bits per heavy atom. The fourth-order valence-electron chi connectivity index (χ4n) is 2.11. The fraction of sp³-hybridized carbons (Fsp3) is 0.125. The number of anilines is 1. The van der Waals surface area contributed by atoms with Gasteiger partial charge < -0.3 is 10.4 Å². The molecule has 0 saturated heterocycles. The van der Waals surface area contributed by atoms with Crippen LogP contribution in [0.4, 0.5) is 5.69 Å². The average Bonchev–Trinajstić information content (AvgIpc) is 3.05. The number of aryl methyl sites for hydroxylation is 1. The maximum atomic E-state index is 12.2. The number of hydrogen-bond donors (Lipinski definition) is 2. The summed E-state index contributed by atoms with van der Waals surface area (Å²) in [7, 11) is 0. The van der Waals surface area contributed by atoms with E-state index in [1.165, 1.54) is 16.4 Å². The smallest absolute Gasteiger partial charge is 0.234 e. The van der Waals surface area contributed by atoms with E-state index in [0.29, 0.717) is 21.6 Å². The second-order valence-corrected chi connectivity index (χ2v) is 6.56. The van der Waals surface area contributed by atoms with Crippen LogP contribution in [0, 0.1) is 6.92 Å². The van der Waals surface area contributed by atoms with Crippen molar-refractivity contribution in [2.45, 2.75) is 12.1 Å². The molecule has 3 aromatic rings. The number of carbonyl (C=O) groups excluding carboxylic acids is 1. The number of phenolic OH excluding ortho intramolecular Hbond substituents is 1. The highest BCUT2D eigenvalue weighted by Crippen LogP contribution is 2.22. The number of halogens is 1. The minimum absolute atomic E-state index is 0.153. The number of amides is 1. The zero-order valence-electron chi connectivity index (χ0n) is 13.2. The molecular weight excluding hydrogens is 362 g/mol. The van der Waals surface area contributed by atoms with Gasteiger partial charge in [-0.1, -0.05) is 23.4 Å². The summed E-state index contributed by atoms with van der Waals surface area (Å²) in [6.07, 6.45) is 0. The molecule has 0 aliphatic carbocycles. The Labute approximate surface area is 153 Å². The molecule has 0 saturated carbocycles. The molecule has 0 aliphatic heterocycles. The Morgan fingerprint density at radius 3 is 2.76 bits per heavy atom. The van der Waals surface area contributed by atoms with Crippen molar-refractivity contribution < 1.29 is 9.90 Å². The lowest BCUT2D eigenvalue weighted by Crippen LogP contribution is -2.15. The van der Waals surface area contributed by atoms with Crippen molar-refractivity contribution in [3.05, 3.63) is 53.1 Å². The maximum absolute atomic E-state index is 12.2. The van der Waals surface area contributed by atoms with Gasteiger partial charge in [-0.25, -0.2) is 0 Å². The van der Waals surface area contributed by atoms with Gasteiger partial charge in [0, 0.05) is 10.7 Å². The number of hydrogen-bond acceptors (Lipinski definition) is 6. The van der Waals surface area contributed by atoms with Crippen molar-refractivity contribution in [1.82, 2.24) is 20.2 Å². The molecule has 2 N–H and O–H groups in total. The Balaban J connectivity index is 1.65. The molecule has 1 heterocycles. The molecular formula is C16H14ClN5O2S. The first kappa shape index (κ1) is 17.2. The molecule has 25 heavy (non-hydrogen) atoms. The quantitative estimate of drug-likeness (QED) is 0.666. The van der Waals surface area contributed by atoms with Crippen LogP contribution in [0.15, 0.2) is 47.6 Å². The summed E-state index contributed by atoms with van der Waals surface area (Å²) < 4.78 is 1.50. The monoisotopic (exact) mass is 375 g/mol. The van der Waals surface area contributed by atoms with Gasteiger partial charge in [0.2, 0.25) is 11.1 Å². The van der Waals surface area contributed by atoms with Crippen molar-refractivity contribution in [3.8, 4) is 11.4 Å². The number of aromatic hydroxyl groups is 1. The average molecular weight is 376 g/mol. The zero-order chi connectivity index (χ0) is 17.8. The third-order valence-corrected chi connectivity index (χ3v) is 4.48. The first-order valence-corrected chi connectivity index (χ1v) is 8.66. The van der Waals surface area contributed by atoms with Gasteiger partial charge in [-0.3, -0.25) is 4.79 Å². The summed E-state index contributed by atoms with van der Waals surface area (Å²) in [6.45, 7) is 1.88. The predicted molar refractivity (Wildman–Crippen MR) is 96.4 cm³/mol. The van der Waals surface area contributed by atoms with E-state index in [-0.39, 0.29) is 17.4 Å². The molecule has 0 aliphatic rings. The molecule has 128 valence electrons. The first-order valence-electron chi connectivity index (χ1n) is 7.29. The molecule has 0 radical (unpaired) electrons.